The molecule has 0 N–H and O–H groups in total. The monoisotopic (exact) mass is 386 g/mol. The SMILES string of the molecule is CCCC[Si](CCCC)(O[Si](CCCC)(CCCC)C(C)C)C(C)C. The van der Waals surface area contributed by atoms with E-state index >= 15 is 0 Å². The first-order valence-corrected chi connectivity index (χ1v) is 16.3. The number of hydrogen-bond acceptors (Lipinski definition) is 1. The molecule has 0 rings (SSSR count). The molecule has 0 heterocycles. The minimum atomic E-state index is -1.65. The fraction of sp³-hybridized carbons (Fsp3) is 1.00. The van der Waals surface area contributed by atoms with Gasteiger partial charge in [-0.05, 0) is 35.3 Å². The molecule has 1 nitrogen and oxygen atoms in total. The third-order valence-electron chi connectivity index (χ3n) is 6.32. The van der Waals surface area contributed by atoms with Gasteiger partial charge in [-0.3, -0.25) is 0 Å². The van der Waals surface area contributed by atoms with Gasteiger partial charge < -0.3 is 4.12 Å². The predicted octanol–water partition coefficient (Wildman–Crippen LogP) is 8.91. The minimum absolute atomic E-state index is 0.763. The van der Waals surface area contributed by atoms with Gasteiger partial charge in [-0.25, -0.2) is 0 Å². The van der Waals surface area contributed by atoms with E-state index in [0.717, 1.165) is 11.1 Å². The lowest BCUT2D eigenvalue weighted by Crippen LogP contribution is -2.54. The van der Waals surface area contributed by atoms with Crippen LogP contribution < -0.4 is 0 Å². The zero-order valence-electron chi connectivity index (χ0n) is 19.0. The summed E-state index contributed by atoms with van der Waals surface area (Å²) in [5.74, 6) is 0. The van der Waals surface area contributed by atoms with Gasteiger partial charge in [0.05, 0.1) is 0 Å². The fourth-order valence-corrected chi connectivity index (χ4v) is 17.5. The van der Waals surface area contributed by atoms with Crippen LogP contribution in [-0.2, 0) is 4.12 Å². The maximum atomic E-state index is 7.63. The average molecular weight is 387 g/mol. The maximum Gasteiger partial charge on any atom is 0.182 e. The van der Waals surface area contributed by atoms with E-state index in [2.05, 4.69) is 55.4 Å². The number of hydrogen-bond donors (Lipinski definition) is 0. The molecule has 0 bridgehead atoms. The topological polar surface area (TPSA) is 9.23 Å². The van der Waals surface area contributed by atoms with E-state index < -0.39 is 16.6 Å². The third kappa shape index (κ3) is 8.30. The molecule has 0 unspecified atom stereocenters. The van der Waals surface area contributed by atoms with Crippen LogP contribution in [0.1, 0.15) is 107 Å². The molecule has 0 amide bonds. The highest BCUT2D eigenvalue weighted by Crippen LogP contribution is 2.43. The zero-order chi connectivity index (χ0) is 19.3. The number of rotatable bonds is 16. The van der Waals surface area contributed by atoms with Crippen molar-refractivity contribution >= 4 is 16.6 Å². The van der Waals surface area contributed by atoms with E-state index in [-0.39, 0.29) is 0 Å². The van der Waals surface area contributed by atoms with Crippen molar-refractivity contribution in [2.45, 2.75) is 142 Å². The lowest BCUT2D eigenvalue weighted by molar-refractivity contribution is 0.459. The Labute approximate surface area is 163 Å². The lowest BCUT2D eigenvalue weighted by atomic mass is 10.4. The van der Waals surface area contributed by atoms with Gasteiger partial charge >= 0.3 is 0 Å². The van der Waals surface area contributed by atoms with Crippen LogP contribution in [-0.4, -0.2) is 16.6 Å². The maximum absolute atomic E-state index is 7.63. The van der Waals surface area contributed by atoms with E-state index in [1.807, 2.05) is 0 Å². The van der Waals surface area contributed by atoms with Crippen molar-refractivity contribution < 1.29 is 4.12 Å². The standard InChI is InChI=1S/C22H50OSi2/c1-9-13-17-24(21(5)6,18-14-10-2)23-25(22(7)8,19-15-11-3)20-16-12-4/h21-22H,9-20H2,1-8H3. The molecule has 0 saturated carbocycles. The fourth-order valence-electron chi connectivity index (χ4n) is 4.15. The summed E-state index contributed by atoms with van der Waals surface area (Å²) in [4.78, 5) is 0. The summed E-state index contributed by atoms with van der Waals surface area (Å²) >= 11 is 0. The van der Waals surface area contributed by atoms with E-state index in [9.17, 15) is 0 Å². The van der Waals surface area contributed by atoms with Crippen LogP contribution in [0.15, 0.2) is 0 Å². The summed E-state index contributed by atoms with van der Waals surface area (Å²) in [5.41, 5.74) is 1.53. The molecule has 152 valence electrons. The van der Waals surface area contributed by atoms with Crippen LogP contribution in [0.25, 0.3) is 0 Å². The van der Waals surface area contributed by atoms with Crippen LogP contribution in [0, 0.1) is 0 Å². The summed E-state index contributed by atoms with van der Waals surface area (Å²) < 4.78 is 7.63. The van der Waals surface area contributed by atoms with E-state index in [1.54, 1.807) is 0 Å². The van der Waals surface area contributed by atoms with Crippen LogP contribution >= 0.6 is 0 Å². The number of unbranched alkanes of at least 4 members (excludes halogenated alkanes) is 4. The Morgan fingerprint density at radius 1 is 0.520 bits per heavy atom. The quantitative estimate of drug-likeness (QED) is 0.240. The molecule has 0 radical (unpaired) electrons. The Morgan fingerprint density at radius 2 is 0.760 bits per heavy atom. The summed E-state index contributed by atoms with van der Waals surface area (Å²) in [6.07, 6.45) is 10.8. The second-order valence-corrected chi connectivity index (χ2v) is 18.3. The van der Waals surface area contributed by atoms with Crippen molar-refractivity contribution in [2.75, 3.05) is 0 Å². The van der Waals surface area contributed by atoms with Crippen LogP contribution in [0.3, 0.4) is 0 Å². The van der Waals surface area contributed by atoms with E-state index in [4.69, 9.17) is 4.12 Å². The van der Waals surface area contributed by atoms with Crippen molar-refractivity contribution in [1.82, 2.24) is 0 Å². The molecule has 0 aromatic rings. The summed E-state index contributed by atoms with van der Waals surface area (Å²) in [5, 5.41) is 0. The molecule has 0 fully saturated rings. The first-order valence-electron chi connectivity index (χ1n) is 11.5. The molecular formula is C22H50OSi2. The van der Waals surface area contributed by atoms with Crippen LogP contribution in [0.4, 0.5) is 0 Å². The van der Waals surface area contributed by atoms with Crippen molar-refractivity contribution in [3.8, 4) is 0 Å². The van der Waals surface area contributed by atoms with Gasteiger partial charge in [0.25, 0.3) is 0 Å². The Bertz CT molecular complexity index is 269. The first kappa shape index (κ1) is 25.4. The smallest absolute Gasteiger partial charge is 0.182 e. The van der Waals surface area contributed by atoms with Crippen molar-refractivity contribution in [1.29, 1.82) is 0 Å². The summed E-state index contributed by atoms with van der Waals surface area (Å²) in [7, 11) is -3.30. The highest BCUT2D eigenvalue weighted by Gasteiger charge is 2.47. The lowest BCUT2D eigenvalue weighted by Gasteiger charge is -2.47. The van der Waals surface area contributed by atoms with Gasteiger partial charge in [-0.15, -0.1) is 0 Å². The van der Waals surface area contributed by atoms with E-state index in [1.165, 1.54) is 75.5 Å². The van der Waals surface area contributed by atoms with Gasteiger partial charge in [0.15, 0.2) is 16.6 Å². The normalized spacial score (nSPS) is 13.2. The van der Waals surface area contributed by atoms with Crippen molar-refractivity contribution in [2.24, 2.45) is 0 Å². The van der Waals surface area contributed by atoms with Gasteiger partial charge in [0, 0.05) is 0 Å². The van der Waals surface area contributed by atoms with Gasteiger partial charge in [0.1, 0.15) is 0 Å². The second kappa shape index (κ2) is 13.5. The van der Waals surface area contributed by atoms with Crippen molar-refractivity contribution in [3.63, 3.8) is 0 Å². The molecule has 0 aliphatic carbocycles. The molecule has 0 aliphatic heterocycles. The molecule has 0 aromatic heterocycles. The largest absolute Gasteiger partial charge is 0.454 e. The molecule has 0 saturated heterocycles. The minimum Gasteiger partial charge on any atom is -0.454 e. The summed E-state index contributed by atoms with van der Waals surface area (Å²) in [6, 6.07) is 5.61. The van der Waals surface area contributed by atoms with Crippen molar-refractivity contribution in [3.05, 3.63) is 0 Å². The van der Waals surface area contributed by atoms with Gasteiger partial charge in [0.2, 0.25) is 0 Å². The molecular weight excluding hydrogens is 336 g/mol. The molecule has 0 aliphatic rings. The molecule has 3 heteroatoms. The van der Waals surface area contributed by atoms with Crippen LogP contribution in [0.2, 0.25) is 35.3 Å². The molecule has 0 spiro atoms. The summed E-state index contributed by atoms with van der Waals surface area (Å²) in [6.45, 7) is 19.3. The Morgan fingerprint density at radius 3 is 0.920 bits per heavy atom. The first-order chi connectivity index (χ1) is 11.8. The average Bonchev–Trinajstić information content (AvgIpc) is 2.59. The highest BCUT2D eigenvalue weighted by atomic mass is 28.4. The molecule has 0 atom stereocenters. The Balaban J connectivity index is 5.70. The zero-order valence-corrected chi connectivity index (χ0v) is 21.0. The van der Waals surface area contributed by atoms with Gasteiger partial charge in [-0.2, -0.15) is 0 Å². The second-order valence-electron chi connectivity index (χ2n) is 8.96. The van der Waals surface area contributed by atoms with Gasteiger partial charge in [-0.1, -0.05) is 107 Å². The highest BCUT2D eigenvalue weighted by molar-refractivity contribution is 6.88. The third-order valence-corrected chi connectivity index (χ3v) is 18.6. The molecule has 0 aromatic carbocycles. The predicted molar refractivity (Wildman–Crippen MR) is 122 cm³/mol. The van der Waals surface area contributed by atoms with Crippen LogP contribution in [0.5, 0.6) is 0 Å². The Kier molecular flexibility index (Phi) is 13.8. The Hall–Kier alpha value is 0.394. The van der Waals surface area contributed by atoms with E-state index in [0.29, 0.717) is 0 Å². The molecule has 25 heavy (non-hydrogen) atoms.